The van der Waals surface area contributed by atoms with Crippen LogP contribution in [-0.4, -0.2) is 35.1 Å². The van der Waals surface area contributed by atoms with Crippen molar-refractivity contribution in [3.63, 3.8) is 0 Å². The van der Waals surface area contributed by atoms with Crippen molar-refractivity contribution in [1.29, 1.82) is 0 Å². The fourth-order valence-corrected chi connectivity index (χ4v) is 1.99. The third kappa shape index (κ3) is 3.43. The van der Waals surface area contributed by atoms with Crippen molar-refractivity contribution >= 4 is 12.0 Å². The second kappa shape index (κ2) is 5.64. The van der Waals surface area contributed by atoms with E-state index in [2.05, 4.69) is 0 Å². The van der Waals surface area contributed by atoms with E-state index in [0.29, 0.717) is 6.54 Å². The Hall–Kier alpha value is -1.61. The second-order valence-corrected chi connectivity index (χ2v) is 4.32. The highest BCUT2D eigenvalue weighted by Gasteiger charge is 2.20. The molecule has 1 heterocycles. The topological polar surface area (TPSA) is 40.5 Å². The Morgan fingerprint density at radius 3 is 2.82 bits per heavy atom. The highest BCUT2D eigenvalue weighted by atomic mass is 16.3. The molecule has 1 unspecified atom stereocenters. The fourth-order valence-electron chi connectivity index (χ4n) is 1.99. The van der Waals surface area contributed by atoms with Crippen molar-refractivity contribution in [3.05, 3.63) is 42.0 Å². The number of hydrogen-bond acceptors (Lipinski definition) is 2. The molecule has 2 rings (SSSR count). The van der Waals surface area contributed by atoms with Gasteiger partial charge in [-0.2, -0.15) is 0 Å². The molecule has 0 aromatic heterocycles. The predicted octanol–water partition coefficient (Wildman–Crippen LogP) is 1.68. The molecule has 1 aliphatic rings. The summed E-state index contributed by atoms with van der Waals surface area (Å²) in [4.78, 5) is 13.5. The number of hydrogen-bond donors (Lipinski definition) is 1. The maximum Gasteiger partial charge on any atom is 0.246 e. The van der Waals surface area contributed by atoms with E-state index in [0.717, 1.165) is 24.9 Å². The lowest BCUT2D eigenvalue weighted by molar-refractivity contribution is -0.128. The van der Waals surface area contributed by atoms with Crippen molar-refractivity contribution in [2.75, 3.05) is 13.1 Å². The quantitative estimate of drug-likeness (QED) is 0.787. The molecule has 1 aromatic rings. The van der Waals surface area contributed by atoms with E-state index in [1.54, 1.807) is 11.0 Å². The van der Waals surface area contributed by atoms with Gasteiger partial charge in [0.25, 0.3) is 0 Å². The Morgan fingerprint density at radius 1 is 1.35 bits per heavy atom. The molecule has 1 aromatic carbocycles. The number of rotatable bonds is 2. The van der Waals surface area contributed by atoms with E-state index in [1.165, 1.54) is 0 Å². The minimum atomic E-state index is -0.363. The molecule has 0 radical (unpaired) electrons. The third-order valence-electron chi connectivity index (χ3n) is 2.93. The second-order valence-electron chi connectivity index (χ2n) is 4.32. The maximum absolute atomic E-state index is 11.8. The molecule has 0 aliphatic carbocycles. The van der Waals surface area contributed by atoms with Crippen LogP contribution in [0.15, 0.2) is 36.4 Å². The molecule has 3 heteroatoms. The number of aliphatic hydroxyl groups excluding tert-OH is 1. The van der Waals surface area contributed by atoms with Gasteiger partial charge < -0.3 is 10.0 Å². The Balaban J connectivity index is 1.94. The number of piperidine rings is 1. The monoisotopic (exact) mass is 231 g/mol. The minimum absolute atomic E-state index is 0.0207. The zero-order chi connectivity index (χ0) is 12.1. The molecule has 0 bridgehead atoms. The molecule has 3 nitrogen and oxygen atoms in total. The van der Waals surface area contributed by atoms with Crippen molar-refractivity contribution < 1.29 is 9.90 Å². The summed E-state index contributed by atoms with van der Waals surface area (Å²) in [7, 11) is 0. The van der Waals surface area contributed by atoms with E-state index in [1.807, 2.05) is 36.4 Å². The van der Waals surface area contributed by atoms with Gasteiger partial charge >= 0.3 is 0 Å². The van der Waals surface area contributed by atoms with E-state index in [-0.39, 0.29) is 12.0 Å². The number of carbonyl (C=O) groups excluding carboxylic acids is 1. The number of amides is 1. The largest absolute Gasteiger partial charge is 0.391 e. The molecule has 1 saturated heterocycles. The van der Waals surface area contributed by atoms with Gasteiger partial charge in [0, 0.05) is 19.2 Å². The molecule has 1 N–H and O–H groups in total. The minimum Gasteiger partial charge on any atom is -0.391 e. The molecule has 1 atom stereocenters. The van der Waals surface area contributed by atoms with Gasteiger partial charge in [0.2, 0.25) is 5.91 Å². The van der Waals surface area contributed by atoms with Crippen LogP contribution in [0.2, 0.25) is 0 Å². The van der Waals surface area contributed by atoms with Gasteiger partial charge in [-0.15, -0.1) is 0 Å². The molecule has 1 fully saturated rings. The van der Waals surface area contributed by atoms with Gasteiger partial charge in [0.05, 0.1) is 6.10 Å². The van der Waals surface area contributed by atoms with E-state index < -0.39 is 0 Å². The predicted molar refractivity (Wildman–Crippen MR) is 67.3 cm³/mol. The Morgan fingerprint density at radius 2 is 2.12 bits per heavy atom. The van der Waals surface area contributed by atoms with Crippen LogP contribution in [0.1, 0.15) is 18.4 Å². The molecular formula is C14H17NO2. The average Bonchev–Trinajstić information content (AvgIpc) is 2.37. The molecule has 1 aliphatic heterocycles. The summed E-state index contributed by atoms with van der Waals surface area (Å²) in [5.41, 5.74) is 1.01. The fraction of sp³-hybridized carbons (Fsp3) is 0.357. The first-order chi connectivity index (χ1) is 8.25. The zero-order valence-electron chi connectivity index (χ0n) is 9.75. The highest BCUT2D eigenvalue weighted by Crippen LogP contribution is 2.10. The molecule has 1 amide bonds. The standard InChI is InChI=1S/C14H17NO2/c16-13-7-4-10-15(11-13)14(17)9-8-12-5-2-1-3-6-12/h1-3,5-6,8-9,13,16H,4,7,10-11H2. The molecule has 17 heavy (non-hydrogen) atoms. The first-order valence-electron chi connectivity index (χ1n) is 5.96. The molecular weight excluding hydrogens is 214 g/mol. The highest BCUT2D eigenvalue weighted by molar-refractivity contribution is 5.91. The Kier molecular flexibility index (Phi) is 3.94. The van der Waals surface area contributed by atoms with Crippen LogP contribution >= 0.6 is 0 Å². The number of benzene rings is 1. The summed E-state index contributed by atoms with van der Waals surface area (Å²) >= 11 is 0. The maximum atomic E-state index is 11.8. The van der Waals surface area contributed by atoms with Crippen LogP contribution in [0.5, 0.6) is 0 Å². The van der Waals surface area contributed by atoms with Crippen LogP contribution in [0.25, 0.3) is 6.08 Å². The van der Waals surface area contributed by atoms with Crippen LogP contribution in [0, 0.1) is 0 Å². The lowest BCUT2D eigenvalue weighted by atomic mass is 10.1. The average molecular weight is 231 g/mol. The molecule has 0 saturated carbocycles. The Bertz CT molecular complexity index is 400. The first kappa shape index (κ1) is 11.9. The number of aliphatic hydroxyl groups is 1. The van der Waals surface area contributed by atoms with Crippen molar-refractivity contribution in [3.8, 4) is 0 Å². The van der Waals surface area contributed by atoms with Crippen LogP contribution in [-0.2, 0) is 4.79 Å². The molecule has 0 spiro atoms. The van der Waals surface area contributed by atoms with Crippen molar-refractivity contribution in [2.45, 2.75) is 18.9 Å². The normalized spacial score (nSPS) is 20.8. The van der Waals surface area contributed by atoms with E-state index in [9.17, 15) is 9.90 Å². The third-order valence-corrected chi connectivity index (χ3v) is 2.93. The van der Waals surface area contributed by atoms with Gasteiger partial charge in [-0.3, -0.25) is 4.79 Å². The number of likely N-dealkylation sites (tertiary alicyclic amines) is 1. The SMILES string of the molecule is O=C(C=Cc1ccccc1)N1CCCC(O)C1. The summed E-state index contributed by atoms with van der Waals surface area (Å²) in [6.07, 6.45) is 4.70. The summed E-state index contributed by atoms with van der Waals surface area (Å²) in [5, 5.41) is 9.50. The van der Waals surface area contributed by atoms with Gasteiger partial charge in [-0.1, -0.05) is 30.3 Å². The molecule has 90 valence electrons. The van der Waals surface area contributed by atoms with Crippen molar-refractivity contribution in [2.24, 2.45) is 0 Å². The Labute approximate surface area is 101 Å². The smallest absolute Gasteiger partial charge is 0.246 e. The van der Waals surface area contributed by atoms with E-state index >= 15 is 0 Å². The van der Waals surface area contributed by atoms with Crippen molar-refractivity contribution in [1.82, 2.24) is 4.90 Å². The van der Waals surface area contributed by atoms with Gasteiger partial charge in [-0.05, 0) is 24.5 Å². The summed E-state index contributed by atoms with van der Waals surface area (Å²) in [6, 6.07) is 9.73. The number of carbonyl (C=O) groups is 1. The van der Waals surface area contributed by atoms with Gasteiger partial charge in [-0.25, -0.2) is 0 Å². The van der Waals surface area contributed by atoms with E-state index in [4.69, 9.17) is 0 Å². The number of β-amino-alcohol motifs (C(OH)–C–C–N with tert-alkyl or cyclic N) is 1. The van der Waals surface area contributed by atoms with Gasteiger partial charge in [0.15, 0.2) is 0 Å². The lowest BCUT2D eigenvalue weighted by Crippen LogP contribution is -2.41. The summed E-state index contributed by atoms with van der Waals surface area (Å²) in [6.45, 7) is 1.20. The lowest BCUT2D eigenvalue weighted by Gasteiger charge is -2.29. The zero-order valence-corrected chi connectivity index (χ0v) is 9.75. The first-order valence-corrected chi connectivity index (χ1v) is 5.96. The van der Waals surface area contributed by atoms with Crippen LogP contribution in [0.4, 0.5) is 0 Å². The summed E-state index contributed by atoms with van der Waals surface area (Å²) in [5.74, 6) is -0.0207. The van der Waals surface area contributed by atoms with Crippen LogP contribution < -0.4 is 0 Å². The number of nitrogens with zero attached hydrogens (tertiary/aromatic N) is 1. The summed E-state index contributed by atoms with van der Waals surface area (Å²) < 4.78 is 0. The van der Waals surface area contributed by atoms with Gasteiger partial charge in [0.1, 0.15) is 0 Å². The van der Waals surface area contributed by atoms with Crippen LogP contribution in [0.3, 0.4) is 0 Å².